The molecular weight excluding hydrogens is 229 g/mol. The number of ether oxygens (including phenoxy) is 1. The fourth-order valence-electron chi connectivity index (χ4n) is 2.77. The molecule has 2 atom stereocenters. The van der Waals surface area contributed by atoms with E-state index in [2.05, 4.69) is 12.2 Å². The van der Waals surface area contributed by atoms with Crippen LogP contribution in [0.25, 0.3) is 0 Å². The standard InChI is InChI=1S/C15H22FNO/c1-11-6-7-12(8-11)9-17-10-13-4-3-5-14(18-2)15(13)16/h3-5,11-12,17H,6-10H2,1-2H3. The fourth-order valence-corrected chi connectivity index (χ4v) is 2.77. The summed E-state index contributed by atoms with van der Waals surface area (Å²) in [5.41, 5.74) is 0.681. The van der Waals surface area contributed by atoms with Gasteiger partial charge in [0.05, 0.1) is 7.11 Å². The Morgan fingerprint density at radius 2 is 2.22 bits per heavy atom. The maximum atomic E-state index is 13.9. The lowest BCUT2D eigenvalue weighted by Crippen LogP contribution is -2.21. The van der Waals surface area contributed by atoms with E-state index in [0.717, 1.165) is 18.4 Å². The van der Waals surface area contributed by atoms with Gasteiger partial charge in [-0.3, -0.25) is 0 Å². The van der Waals surface area contributed by atoms with Crippen LogP contribution in [0.1, 0.15) is 31.7 Å². The molecule has 1 aliphatic carbocycles. The van der Waals surface area contributed by atoms with Crippen molar-refractivity contribution in [2.75, 3.05) is 13.7 Å². The molecule has 0 bridgehead atoms. The van der Waals surface area contributed by atoms with E-state index in [0.29, 0.717) is 17.9 Å². The third-order valence-electron chi connectivity index (χ3n) is 3.82. The van der Waals surface area contributed by atoms with E-state index in [-0.39, 0.29) is 5.82 Å². The Morgan fingerprint density at radius 1 is 1.39 bits per heavy atom. The van der Waals surface area contributed by atoms with E-state index >= 15 is 0 Å². The Morgan fingerprint density at radius 3 is 2.89 bits per heavy atom. The summed E-state index contributed by atoms with van der Waals surface area (Å²) in [6.45, 7) is 3.87. The quantitative estimate of drug-likeness (QED) is 0.866. The van der Waals surface area contributed by atoms with Crippen LogP contribution in [0.4, 0.5) is 4.39 Å². The van der Waals surface area contributed by atoms with Crippen molar-refractivity contribution in [2.45, 2.75) is 32.7 Å². The first-order chi connectivity index (χ1) is 8.70. The summed E-state index contributed by atoms with van der Waals surface area (Å²) in [6, 6.07) is 5.29. The van der Waals surface area contributed by atoms with Gasteiger partial charge >= 0.3 is 0 Å². The summed E-state index contributed by atoms with van der Waals surface area (Å²) < 4.78 is 18.8. The van der Waals surface area contributed by atoms with Crippen LogP contribution >= 0.6 is 0 Å². The Hall–Kier alpha value is -1.09. The van der Waals surface area contributed by atoms with Crippen LogP contribution in [-0.2, 0) is 6.54 Å². The van der Waals surface area contributed by atoms with Gasteiger partial charge in [-0.05, 0) is 37.3 Å². The zero-order valence-electron chi connectivity index (χ0n) is 11.2. The van der Waals surface area contributed by atoms with Gasteiger partial charge in [-0.25, -0.2) is 4.39 Å². The third-order valence-corrected chi connectivity index (χ3v) is 3.82. The molecule has 3 heteroatoms. The van der Waals surface area contributed by atoms with Crippen molar-refractivity contribution < 1.29 is 9.13 Å². The fraction of sp³-hybridized carbons (Fsp3) is 0.600. The maximum absolute atomic E-state index is 13.9. The van der Waals surface area contributed by atoms with Gasteiger partial charge in [-0.1, -0.05) is 25.5 Å². The maximum Gasteiger partial charge on any atom is 0.169 e. The van der Waals surface area contributed by atoms with Crippen molar-refractivity contribution in [1.29, 1.82) is 0 Å². The van der Waals surface area contributed by atoms with Gasteiger partial charge in [0, 0.05) is 12.1 Å². The lowest BCUT2D eigenvalue weighted by molar-refractivity contribution is 0.382. The van der Waals surface area contributed by atoms with Crippen LogP contribution in [0.2, 0.25) is 0 Å². The summed E-state index contributed by atoms with van der Waals surface area (Å²) in [5.74, 6) is 1.69. The van der Waals surface area contributed by atoms with Crippen molar-refractivity contribution >= 4 is 0 Å². The Bertz CT molecular complexity index is 394. The summed E-state index contributed by atoms with van der Waals surface area (Å²) in [4.78, 5) is 0. The summed E-state index contributed by atoms with van der Waals surface area (Å²) in [5, 5.41) is 3.36. The number of hydrogen-bond donors (Lipinski definition) is 1. The molecule has 0 radical (unpaired) electrons. The second kappa shape index (κ2) is 6.19. The summed E-state index contributed by atoms with van der Waals surface area (Å²) in [6.07, 6.45) is 3.93. The first-order valence-corrected chi connectivity index (χ1v) is 6.72. The number of nitrogens with one attached hydrogen (secondary N) is 1. The molecule has 1 aromatic carbocycles. The molecule has 1 saturated carbocycles. The van der Waals surface area contributed by atoms with Gasteiger partial charge in [0.15, 0.2) is 11.6 Å². The number of hydrogen-bond acceptors (Lipinski definition) is 2. The van der Waals surface area contributed by atoms with E-state index in [1.165, 1.54) is 26.4 Å². The number of rotatable bonds is 5. The van der Waals surface area contributed by atoms with Crippen molar-refractivity contribution in [1.82, 2.24) is 5.32 Å². The highest BCUT2D eigenvalue weighted by Crippen LogP contribution is 2.29. The molecule has 2 nitrogen and oxygen atoms in total. The molecule has 18 heavy (non-hydrogen) atoms. The molecule has 0 saturated heterocycles. The SMILES string of the molecule is COc1cccc(CNCC2CCC(C)C2)c1F. The highest BCUT2D eigenvalue weighted by atomic mass is 19.1. The largest absolute Gasteiger partial charge is 0.494 e. The van der Waals surface area contributed by atoms with Crippen LogP contribution in [-0.4, -0.2) is 13.7 Å². The average molecular weight is 251 g/mol. The molecule has 0 aliphatic heterocycles. The number of halogens is 1. The lowest BCUT2D eigenvalue weighted by Gasteiger charge is -2.12. The molecule has 2 unspecified atom stereocenters. The minimum Gasteiger partial charge on any atom is -0.494 e. The molecule has 1 fully saturated rings. The molecular formula is C15H22FNO. The van der Waals surface area contributed by atoms with E-state index in [4.69, 9.17) is 4.74 Å². The van der Waals surface area contributed by atoms with Crippen LogP contribution in [0, 0.1) is 17.7 Å². The molecule has 0 aromatic heterocycles. The Balaban J connectivity index is 1.83. The molecule has 0 heterocycles. The zero-order valence-corrected chi connectivity index (χ0v) is 11.2. The van der Waals surface area contributed by atoms with Crippen LogP contribution in [0.15, 0.2) is 18.2 Å². The van der Waals surface area contributed by atoms with Gasteiger partial charge in [-0.15, -0.1) is 0 Å². The molecule has 100 valence electrons. The average Bonchev–Trinajstić information content (AvgIpc) is 2.77. The topological polar surface area (TPSA) is 21.3 Å². The second-order valence-corrected chi connectivity index (χ2v) is 5.35. The van der Waals surface area contributed by atoms with Crippen LogP contribution in [0.3, 0.4) is 0 Å². The monoisotopic (exact) mass is 251 g/mol. The molecule has 1 aliphatic rings. The minimum absolute atomic E-state index is 0.243. The second-order valence-electron chi connectivity index (χ2n) is 5.35. The molecule has 1 N–H and O–H groups in total. The Labute approximate surface area is 109 Å². The zero-order chi connectivity index (χ0) is 13.0. The first kappa shape index (κ1) is 13.3. The van der Waals surface area contributed by atoms with Crippen molar-refractivity contribution in [3.8, 4) is 5.75 Å². The van der Waals surface area contributed by atoms with E-state index in [1.807, 2.05) is 12.1 Å². The molecule has 0 spiro atoms. The van der Waals surface area contributed by atoms with Crippen LogP contribution < -0.4 is 10.1 Å². The van der Waals surface area contributed by atoms with E-state index in [1.54, 1.807) is 6.07 Å². The third kappa shape index (κ3) is 3.22. The molecule has 1 aromatic rings. The van der Waals surface area contributed by atoms with Gasteiger partial charge in [0.2, 0.25) is 0 Å². The number of benzene rings is 1. The van der Waals surface area contributed by atoms with Gasteiger partial charge in [0.25, 0.3) is 0 Å². The van der Waals surface area contributed by atoms with Crippen LogP contribution in [0.5, 0.6) is 5.75 Å². The normalized spacial score (nSPS) is 23.3. The number of methoxy groups -OCH3 is 1. The van der Waals surface area contributed by atoms with Gasteiger partial charge in [-0.2, -0.15) is 0 Å². The van der Waals surface area contributed by atoms with E-state index in [9.17, 15) is 4.39 Å². The first-order valence-electron chi connectivity index (χ1n) is 6.72. The smallest absolute Gasteiger partial charge is 0.169 e. The van der Waals surface area contributed by atoms with Crippen molar-refractivity contribution in [2.24, 2.45) is 11.8 Å². The predicted molar refractivity (Wildman–Crippen MR) is 71.2 cm³/mol. The predicted octanol–water partition coefficient (Wildman–Crippen LogP) is 3.36. The van der Waals surface area contributed by atoms with Crippen molar-refractivity contribution in [3.05, 3.63) is 29.6 Å². The minimum atomic E-state index is -0.243. The Kier molecular flexibility index (Phi) is 4.59. The summed E-state index contributed by atoms with van der Waals surface area (Å²) in [7, 11) is 1.50. The summed E-state index contributed by atoms with van der Waals surface area (Å²) >= 11 is 0. The van der Waals surface area contributed by atoms with Crippen molar-refractivity contribution in [3.63, 3.8) is 0 Å². The highest BCUT2D eigenvalue weighted by Gasteiger charge is 2.20. The molecule has 0 amide bonds. The lowest BCUT2D eigenvalue weighted by atomic mass is 10.1. The van der Waals surface area contributed by atoms with E-state index < -0.39 is 0 Å². The van der Waals surface area contributed by atoms with Gasteiger partial charge in [0.1, 0.15) is 0 Å². The van der Waals surface area contributed by atoms with Gasteiger partial charge < -0.3 is 10.1 Å². The molecule has 2 rings (SSSR count). The highest BCUT2D eigenvalue weighted by molar-refractivity contribution is 5.30.